The van der Waals surface area contributed by atoms with Crippen molar-refractivity contribution in [2.45, 2.75) is 25.9 Å². The molecule has 5 nitrogen and oxygen atoms in total. The predicted molar refractivity (Wildman–Crippen MR) is 90.3 cm³/mol. The highest BCUT2D eigenvalue weighted by atomic mass is 32.1. The fourth-order valence-electron chi connectivity index (χ4n) is 2.16. The Labute approximate surface area is 139 Å². The van der Waals surface area contributed by atoms with Crippen molar-refractivity contribution in [2.75, 3.05) is 7.11 Å². The van der Waals surface area contributed by atoms with Crippen molar-refractivity contribution in [3.05, 3.63) is 52.2 Å². The Bertz CT molecular complexity index is 638. The standard InChI is InChI=1S/C17H20N2O3S/c1-12(20)19-15(16-4-3-9-23-16)10-17(21)18-11-13-5-7-14(22-2)8-6-13/h3-9,15H,10-11H2,1-2H3,(H,18,21)(H,19,20)/t15-/m0/s1. The minimum Gasteiger partial charge on any atom is -0.497 e. The highest BCUT2D eigenvalue weighted by Gasteiger charge is 2.17. The zero-order valence-corrected chi connectivity index (χ0v) is 14.0. The summed E-state index contributed by atoms with van der Waals surface area (Å²) in [4.78, 5) is 24.4. The van der Waals surface area contributed by atoms with E-state index in [1.165, 1.54) is 18.3 Å². The van der Waals surface area contributed by atoms with Crippen LogP contribution in [0.4, 0.5) is 0 Å². The van der Waals surface area contributed by atoms with Crippen LogP contribution in [0, 0.1) is 0 Å². The van der Waals surface area contributed by atoms with Gasteiger partial charge in [-0.1, -0.05) is 18.2 Å². The number of carbonyl (C=O) groups excluding carboxylic acids is 2. The number of rotatable bonds is 7. The zero-order chi connectivity index (χ0) is 16.7. The minimum absolute atomic E-state index is 0.104. The van der Waals surface area contributed by atoms with Gasteiger partial charge in [-0.3, -0.25) is 9.59 Å². The summed E-state index contributed by atoms with van der Waals surface area (Å²) in [6.07, 6.45) is 0.219. The van der Waals surface area contributed by atoms with Gasteiger partial charge in [0, 0.05) is 18.3 Å². The summed E-state index contributed by atoms with van der Waals surface area (Å²) in [6, 6.07) is 11.1. The molecule has 23 heavy (non-hydrogen) atoms. The summed E-state index contributed by atoms with van der Waals surface area (Å²) in [5.74, 6) is 0.530. The molecule has 0 spiro atoms. The number of amides is 2. The molecule has 2 aromatic rings. The lowest BCUT2D eigenvalue weighted by Gasteiger charge is -2.16. The summed E-state index contributed by atoms with van der Waals surface area (Å²) in [7, 11) is 1.61. The first-order chi connectivity index (χ1) is 11.1. The number of hydrogen-bond acceptors (Lipinski definition) is 4. The topological polar surface area (TPSA) is 67.4 Å². The molecule has 1 aromatic carbocycles. The van der Waals surface area contributed by atoms with E-state index in [0.29, 0.717) is 6.54 Å². The average molecular weight is 332 g/mol. The van der Waals surface area contributed by atoms with Gasteiger partial charge < -0.3 is 15.4 Å². The van der Waals surface area contributed by atoms with Crippen LogP contribution in [-0.4, -0.2) is 18.9 Å². The number of carbonyl (C=O) groups is 2. The predicted octanol–water partition coefficient (Wildman–Crippen LogP) is 2.64. The van der Waals surface area contributed by atoms with E-state index >= 15 is 0 Å². The lowest BCUT2D eigenvalue weighted by atomic mass is 10.1. The van der Waals surface area contributed by atoms with E-state index in [0.717, 1.165) is 16.2 Å². The summed E-state index contributed by atoms with van der Waals surface area (Å²) < 4.78 is 5.10. The molecular formula is C17H20N2O3S. The van der Waals surface area contributed by atoms with Crippen molar-refractivity contribution in [1.82, 2.24) is 10.6 Å². The Morgan fingerprint density at radius 3 is 2.52 bits per heavy atom. The number of thiophene rings is 1. The summed E-state index contributed by atoms with van der Waals surface area (Å²) in [5, 5.41) is 7.63. The van der Waals surface area contributed by atoms with Crippen LogP contribution in [0.3, 0.4) is 0 Å². The average Bonchev–Trinajstić information content (AvgIpc) is 3.07. The fourth-order valence-corrected chi connectivity index (χ4v) is 2.94. The molecule has 0 fully saturated rings. The second kappa shape index (κ2) is 8.33. The van der Waals surface area contributed by atoms with Gasteiger partial charge in [0.2, 0.25) is 11.8 Å². The quantitative estimate of drug-likeness (QED) is 0.819. The number of benzene rings is 1. The van der Waals surface area contributed by atoms with Gasteiger partial charge >= 0.3 is 0 Å². The molecule has 0 aliphatic heterocycles. The van der Waals surface area contributed by atoms with Crippen LogP contribution in [0.1, 0.15) is 29.8 Å². The van der Waals surface area contributed by atoms with Crippen LogP contribution in [0.15, 0.2) is 41.8 Å². The lowest BCUT2D eigenvalue weighted by Crippen LogP contribution is -2.32. The third-order valence-electron chi connectivity index (χ3n) is 3.30. The van der Waals surface area contributed by atoms with Crippen molar-refractivity contribution in [3.63, 3.8) is 0 Å². The maximum atomic E-state index is 12.1. The summed E-state index contributed by atoms with van der Waals surface area (Å²) in [5.41, 5.74) is 0.992. The van der Waals surface area contributed by atoms with Crippen LogP contribution < -0.4 is 15.4 Å². The van der Waals surface area contributed by atoms with Crippen molar-refractivity contribution in [1.29, 1.82) is 0 Å². The largest absolute Gasteiger partial charge is 0.497 e. The second-order valence-corrected chi connectivity index (χ2v) is 6.08. The van der Waals surface area contributed by atoms with Crippen LogP contribution >= 0.6 is 11.3 Å². The lowest BCUT2D eigenvalue weighted by molar-refractivity contribution is -0.122. The second-order valence-electron chi connectivity index (χ2n) is 5.10. The number of nitrogens with one attached hydrogen (secondary N) is 2. The van der Waals surface area contributed by atoms with Crippen molar-refractivity contribution in [3.8, 4) is 5.75 Å². The number of hydrogen-bond donors (Lipinski definition) is 2. The number of ether oxygens (including phenoxy) is 1. The molecule has 0 aliphatic rings. The molecule has 1 heterocycles. The van der Waals surface area contributed by atoms with Crippen LogP contribution in [0.5, 0.6) is 5.75 Å². The highest BCUT2D eigenvalue weighted by Crippen LogP contribution is 2.22. The van der Waals surface area contributed by atoms with Crippen LogP contribution in [0.25, 0.3) is 0 Å². The maximum Gasteiger partial charge on any atom is 0.222 e. The Kier molecular flexibility index (Phi) is 6.17. The molecule has 2 amide bonds. The van der Waals surface area contributed by atoms with Crippen molar-refractivity contribution >= 4 is 23.2 Å². The minimum atomic E-state index is -0.289. The Balaban J connectivity index is 1.89. The van der Waals surface area contributed by atoms with Gasteiger partial charge in [0.25, 0.3) is 0 Å². The van der Waals surface area contributed by atoms with E-state index in [2.05, 4.69) is 10.6 Å². The molecular weight excluding hydrogens is 312 g/mol. The van der Waals surface area contributed by atoms with Crippen LogP contribution in [0.2, 0.25) is 0 Å². The van der Waals surface area contributed by atoms with Gasteiger partial charge in [0.15, 0.2) is 0 Å². The SMILES string of the molecule is COc1ccc(CNC(=O)C[C@H](NC(C)=O)c2cccs2)cc1. The third-order valence-corrected chi connectivity index (χ3v) is 4.29. The first-order valence-corrected chi connectivity index (χ1v) is 8.16. The summed E-state index contributed by atoms with van der Waals surface area (Å²) >= 11 is 1.52. The third kappa shape index (κ3) is 5.41. The molecule has 1 aromatic heterocycles. The fraction of sp³-hybridized carbons (Fsp3) is 0.294. The Hall–Kier alpha value is -2.34. The monoisotopic (exact) mass is 332 g/mol. The van der Waals surface area contributed by atoms with Gasteiger partial charge in [0.1, 0.15) is 5.75 Å². The molecule has 0 saturated heterocycles. The molecule has 122 valence electrons. The van der Waals surface area contributed by atoms with E-state index in [4.69, 9.17) is 4.74 Å². The Morgan fingerprint density at radius 2 is 1.96 bits per heavy atom. The van der Waals surface area contributed by atoms with Gasteiger partial charge in [0.05, 0.1) is 19.6 Å². The van der Waals surface area contributed by atoms with Gasteiger partial charge in [-0.15, -0.1) is 11.3 Å². The van der Waals surface area contributed by atoms with E-state index < -0.39 is 0 Å². The molecule has 0 bridgehead atoms. The first-order valence-electron chi connectivity index (χ1n) is 7.28. The molecule has 2 N–H and O–H groups in total. The van der Waals surface area contributed by atoms with Gasteiger partial charge in [-0.25, -0.2) is 0 Å². The summed E-state index contributed by atoms with van der Waals surface area (Å²) in [6.45, 7) is 1.90. The maximum absolute atomic E-state index is 12.1. The van der Waals surface area contributed by atoms with E-state index in [1.54, 1.807) is 7.11 Å². The molecule has 2 rings (SSSR count). The van der Waals surface area contributed by atoms with Gasteiger partial charge in [-0.05, 0) is 29.1 Å². The molecule has 1 atom stereocenters. The molecule has 0 saturated carbocycles. The van der Waals surface area contributed by atoms with E-state index in [-0.39, 0.29) is 24.3 Å². The zero-order valence-electron chi connectivity index (χ0n) is 13.2. The normalized spacial score (nSPS) is 11.6. The highest BCUT2D eigenvalue weighted by molar-refractivity contribution is 7.10. The smallest absolute Gasteiger partial charge is 0.222 e. The van der Waals surface area contributed by atoms with Crippen molar-refractivity contribution in [2.24, 2.45) is 0 Å². The Morgan fingerprint density at radius 1 is 1.22 bits per heavy atom. The van der Waals surface area contributed by atoms with E-state index in [1.807, 2.05) is 41.8 Å². The molecule has 0 radical (unpaired) electrons. The van der Waals surface area contributed by atoms with Crippen LogP contribution in [-0.2, 0) is 16.1 Å². The first kappa shape index (κ1) is 17.0. The van der Waals surface area contributed by atoms with E-state index in [9.17, 15) is 9.59 Å². The number of methoxy groups -OCH3 is 1. The molecule has 0 aliphatic carbocycles. The molecule has 0 unspecified atom stereocenters. The van der Waals surface area contributed by atoms with Crippen molar-refractivity contribution < 1.29 is 14.3 Å². The molecule has 6 heteroatoms. The van der Waals surface area contributed by atoms with Gasteiger partial charge in [-0.2, -0.15) is 0 Å².